The smallest absolute Gasteiger partial charge is 0.123 e. The Morgan fingerprint density at radius 2 is 1.83 bits per heavy atom. The molecule has 0 unspecified atom stereocenters. The summed E-state index contributed by atoms with van der Waals surface area (Å²) in [5, 5.41) is 10.6. The molecule has 0 aliphatic heterocycles. The SMILES string of the molecule is COCCN(Cc1cccn1Cc1cccc(F)c1)C[C@H](O)Cc1ccccc1. The van der Waals surface area contributed by atoms with Gasteiger partial charge in [0.25, 0.3) is 0 Å². The van der Waals surface area contributed by atoms with E-state index < -0.39 is 6.10 Å². The first kappa shape index (κ1) is 21.2. The van der Waals surface area contributed by atoms with E-state index in [1.807, 2.05) is 48.7 Å². The highest BCUT2D eigenvalue weighted by Crippen LogP contribution is 2.13. The van der Waals surface area contributed by atoms with E-state index in [9.17, 15) is 9.50 Å². The van der Waals surface area contributed by atoms with Crippen LogP contribution in [0.2, 0.25) is 0 Å². The van der Waals surface area contributed by atoms with Gasteiger partial charge in [0, 0.05) is 45.2 Å². The topological polar surface area (TPSA) is 37.6 Å². The molecule has 5 heteroatoms. The molecule has 0 fully saturated rings. The molecule has 0 radical (unpaired) electrons. The van der Waals surface area contributed by atoms with E-state index >= 15 is 0 Å². The number of methoxy groups -OCH3 is 1. The molecule has 3 aromatic rings. The zero-order valence-electron chi connectivity index (χ0n) is 16.9. The zero-order valence-corrected chi connectivity index (χ0v) is 16.9. The van der Waals surface area contributed by atoms with E-state index in [0.717, 1.165) is 23.4 Å². The lowest BCUT2D eigenvalue weighted by atomic mass is 10.1. The summed E-state index contributed by atoms with van der Waals surface area (Å²) in [5.74, 6) is -0.220. The lowest BCUT2D eigenvalue weighted by Crippen LogP contribution is -2.36. The fourth-order valence-electron chi connectivity index (χ4n) is 3.51. The van der Waals surface area contributed by atoms with Gasteiger partial charge in [0.15, 0.2) is 0 Å². The molecule has 1 N–H and O–H groups in total. The molecular formula is C24H29FN2O2. The second kappa shape index (κ2) is 10.9. The van der Waals surface area contributed by atoms with E-state index in [2.05, 4.69) is 15.5 Å². The van der Waals surface area contributed by atoms with Crippen LogP contribution in [-0.2, 0) is 24.2 Å². The van der Waals surface area contributed by atoms with Gasteiger partial charge in [-0.3, -0.25) is 4.90 Å². The van der Waals surface area contributed by atoms with E-state index in [0.29, 0.717) is 32.7 Å². The van der Waals surface area contributed by atoms with Crippen molar-refractivity contribution >= 4 is 0 Å². The van der Waals surface area contributed by atoms with Crippen molar-refractivity contribution in [3.63, 3.8) is 0 Å². The van der Waals surface area contributed by atoms with Crippen LogP contribution in [-0.4, -0.2) is 47.5 Å². The van der Waals surface area contributed by atoms with Crippen LogP contribution < -0.4 is 0 Å². The Balaban J connectivity index is 1.64. The van der Waals surface area contributed by atoms with Gasteiger partial charge in [-0.25, -0.2) is 4.39 Å². The van der Waals surface area contributed by atoms with Crippen molar-refractivity contribution in [1.82, 2.24) is 9.47 Å². The van der Waals surface area contributed by atoms with Crippen LogP contribution in [0.5, 0.6) is 0 Å². The lowest BCUT2D eigenvalue weighted by molar-refractivity contribution is 0.0839. The molecular weight excluding hydrogens is 367 g/mol. The minimum absolute atomic E-state index is 0.220. The number of benzene rings is 2. The Kier molecular flexibility index (Phi) is 7.99. The second-order valence-corrected chi connectivity index (χ2v) is 7.33. The highest BCUT2D eigenvalue weighted by molar-refractivity contribution is 5.19. The first-order valence-corrected chi connectivity index (χ1v) is 9.96. The minimum atomic E-state index is -0.458. The van der Waals surface area contributed by atoms with Gasteiger partial charge in [-0.1, -0.05) is 42.5 Å². The van der Waals surface area contributed by atoms with Crippen LogP contribution in [0.4, 0.5) is 4.39 Å². The van der Waals surface area contributed by atoms with E-state index in [1.165, 1.54) is 6.07 Å². The maximum atomic E-state index is 13.5. The highest BCUT2D eigenvalue weighted by Gasteiger charge is 2.15. The number of aromatic nitrogens is 1. The van der Waals surface area contributed by atoms with Crippen molar-refractivity contribution < 1.29 is 14.2 Å². The van der Waals surface area contributed by atoms with Crippen molar-refractivity contribution in [3.05, 3.63) is 95.6 Å². The standard InChI is InChI=1S/C24H29FN2O2/c1-29-14-13-26(19-24(28)16-20-7-3-2-4-8-20)18-23-11-6-12-27(23)17-21-9-5-10-22(25)15-21/h2-12,15,24,28H,13-14,16-19H2,1H3/t24-/m1/s1. The number of aliphatic hydroxyl groups is 1. The molecule has 0 amide bonds. The molecule has 2 aromatic carbocycles. The third-order valence-electron chi connectivity index (χ3n) is 4.95. The van der Waals surface area contributed by atoms with Gasteiger partial charge in [-0.2, -0.15) is 0 Å². The molecule has 1 atom stereocenters. The number of ether oxygens (including phenoxy) is 1. The number of hydrogen-bond donors (Lipinski definition) is 1. The summed E-state index contributed by atoms with van der Waals surface area (Å²) in [5.41, 5.74) is 3.17. The third-order valence-corrected chi connectivity index (χ3v) is 4.95. The van der Waals surface area contributed by atoms with Gasteiger partial charge in [0.2, 0.25) is 0 Å². The number of halogens is 1. The van der Waals surface area contributed by atoms with Gasteiger partial charge in [0.1, 0.15) is 5.82 Å². The van der Waals surface area contributed by atoms with Gasteiger partial charge < -0.3 is 14.4 Å². The summed E-state index contributed by atoms with van der Waals surface area (Å²) >= 11 is 0. The Bertz CT molecular complexity index is 866. The molecule has 0 spiro atoms. The Hall–Kier alpha value is -2.47. The van der Waals surface area contributed by atoms with Gasteiger partial charge in [-0.05, 0) is 41.8 Å². The predicted molar refractivity (Wildman–Crippen MR) is 113 cm³/mol. The Morgan fingerprint density at radius 3 is 2.59 bits per heavy atom. The maximum Gasteiger partial charge on any atom is 0.123 e. The molecule has 0 saturated heterocycles. The molecule has 1 heterocycles. The van der Waals surface area contributed by atoms with Gasteiger partial charge >= 0.3 is 0 Å². The summed E-state index contributed by atoms with van der Waals surface area (Å²) < 4.78 is 20.9. The number of nitrogens with zero attached hydrogens (tertiary/aromatic N) is 2. The lowest BCUT2D eigenvalue weighted by Gasteiger charge is -2.25. The molecule has 154 valence electrons. The fraction of sp³-hybridized carbons (Fsp3) is 0.333. The monoisotopic (exact) mass is 396 g/mol. The van der Waals surface area contributed by atoms with Crippen molar-refractivity contribution in [2.45, 2.75) is 25.6 Å². The number of rotatable bonds is 11. The summed E-state index contributed by atoms with van der Waals surface area (Å²) in [6.45, 7) is 3.20. The van der Waals surface area contributed by atoms with Crippen molar-refractivity contribution in [3.8, 4) is 0 Å². The maximum absolute atomic E-state index is 13.5. The Labute approximate surface area is 172 Å². The highest BCUT2D eigenvalue weighted by atomic mass is 19.1. The number of aliphatic hydroxyl groups excluding tert-OH is 1. The molecule has 29 heavy (non-hydrogen) atoms. The summed E-state index contributed by atoms with van der Waals surface area (Å²) in [6, 6.07) is 20.8. The molecule has 0 saturated carbocycles. The predicted octanol–water partition coefficient (Wildman–Crippen LogP) is 3.73. The third kappa shape index (κ3) is 6.82. The van der Waals surface area contributed by atoms with E-state index in [-0.39, 0.29) is 5.82 Å². The molecule has 4 nitrogen and oxygen atoms in total. The van der Waals surface area contributed by atoms with Crippen LogP contribution in [0, 0.1) is 5.82 Å². The molecule has 0 bridgehead atoms. The molecule has 0 aliphatic carbocycles. The van der Waals surface area contributed by atoms with Crippen LogP contribution in [0.1, 0.15) is 16.8 Å². The summed E-state index contributed by atoms with van der Waals surface area (Å²) in [7, 11) is 1.69. The second-order valence-electron chi connectivity index (χ2n) is 7.33. The summed E-state index contributed by atoms with van der Waals surface area (Å²) in [4.78, 5) is 2.20. The normalized spacial score (nSPS) is 12.4. The van der Waals surface area contributed by atoms with Crippen LogP contribution in [0.3, 0.4) is 0 Å². The average molecular weight is 397 g/mol. The molecule has 3 rings (SSSR count). The van der Waals surface area contributed by atoms with Gasteiger partial charge in [0.05, 0.1) is 12.7 Å². The van der Waals surface area contributed by atoms with Crippen LogP contribution in [0.15, 0.2) is 72.9 Å². The minimum Gasteiger partial charge on any atom is -0.391 e. The molecule has 1 aromatic heterocycles. The molecule has 0 aliphatic rings. The average Bonchev–Trinajstić information content (AvgIpc) is 3.13. The summed E-state index contributed by atoms with van der Waals surface area (Å²) in [6.07, 6.45) is 2.17. The first-order valence-electron chi connectivity index (χ1n) is 9.96. The first-order chi connectivity index (χ1) is 14.1. The Morgan fingerprint density at radius 1 is 1.03 bits per heavy atom. The zero-order chi connectivity index (χ0) is 20.5. The van der Waals surface area contributed by atoms with Crippen molar-refractivity contribution in [1.29, 1.82) is 0 Å². The van der Waals surface area contributed by atoms with Crippen molar-refractivity contribution in [2.24, 2.45) is 0 Å². The van der Waals surface area contributed by atoms with Crippen LogP contribution >= 0.6 is 0 Å². The van der Waals surface area contributed by atoms with Gasteiger partial charge in [-0.15, -0.1) is 0 Å². The quantitative estimate of drug-likeness (QED) is 0.537. The fourth-order valence-corrected chi connectivity index (χ4v) is 3.51. The number of hydrogen-bond acceptors (Lipinski definition) is 3. The van der Waals surface area contributed by atoms with Crippen molar-refractivity contribution in [2.75, 3.05) is 26.8 Å². The van der Waals surface area contributed by atoms with E-state index in [4.69, 9.17) is 4.74 Å². The van der Waals surface area contributed by atoms with Crippen LogP contribution in [0.25, 0.3) is 0 Å². The van der Waals surface area contributed by atoms with E-state index in [1.54, 1.807) is 19.2 Å². The largest absolute Gasteiger partial charge is 0.391 e.